The summed E-state index contributed by atoms with van der Waals surface area (Å²) in [6, 6.07) is 0. The van der Waals surface area contributed by atoms with Crippen LogP contribution in [0.25, 0.3) is 0 Å². The molecule has 0 amide bonds. The molecule has 0 rings (SSSR count). The van der Waals surface area contributed by atoms with Crippen LogP contribution in [0.5, 0.6) is 0 Å². The molecule has 0 saturated heterocycles. The molecule has 0 unspecified atom stereocenters. The van der Waals surface area contributed by atoms with Gasteiger partial charge in [-0.1, -0.05) is 0 Å². The third-order valence-electron chi connectivity index (χ3n) is 0. The Bertz CT molecular complexity index is 9.65. The second-order valence-corrected chi connectivity index (χ2v) is 0. The van der Waals surface area contributed by atoms with E-state index in [9.17, 15) is 0 Å². The third-order valence-corrected chi connectivity index (χ3v) is 0. The first kappa shape index (κ1) is 18.2. The first-order chi connectivity index (χ1) is 2.00. The maximum atomic E-state index is 6.25. The second kappa shape index (κ2) is 342. The monoisotopic (exact) mass is 148 g/mol. The smallest absolute Gasteiger partial charge is 0.206 e. The van der Waals surface area contributed by atoms with Gasteiger partial charge < -0.3 is 21.9 Å². The molecule has 36 valence electrons. The van der Waals surface area contributed by atoms with Crippen LogP contribution in [-0.4, -0.2) is 39.5 Å². The number of hydrogen-bond acceptors (Lipinski definition) is 0. The summed E-state index contributed by atoms with van der Waals surface area (Å²) in [5.74, 6) is 0. The molecule has 8 N–H and O–H groups in total. The topological polar surface area (TPSA) is 126 Å². The van der Waals surface area contributed by atoms with Gasteiger partial charge in [-0.2, -0.15) is 0 Å². The molecular formula is H8GeO4. The summed E-state index contributed by atoms with van der Waals surface area (Å²) in [7, 11) is 0. The van der Waals surface area contributed by atoms with Crippen LogP contribution >= 0.6 is 0 Å². The van der Waals surface area contributed by atoms with Crippen molar-refractivity contribution in [3.8, 4) is 0 Å². The fourth-order valence-corrected chi connectivity index (χ4v) is 0. The Morgan fingerprint density at radius 2 is 0.800 bits per heavy atom. The van der Waals surface area contributed by atoms with Crippen LogP contribution in [0, 0.1) is 0 Å². The molecule has 0 aromatic heterocycles. The Hall–Kier alpha value is 0.383. The van der Waals surface area contributed by atoms with E-state index in [1.807, 2.05) is 0 Å². The minimum atomic E-state index is 0. The summed E-state index contributed by atoms with van der Waals surface area (Å²) in [6.45, 7) is 0. The van der Waals surface area contributed by atoms with Gasteiger partial charge in [-0.25, -0.2) is 0 Å². The molecule has 0 aliphatic carbocycles. The minimum Gasteiger partial charge on any atom is -0.412 e. The SMILES string of the molecule is O.O.[2H]O.[2H]O.[Ge]. The first-order valence-corrected chi connectivity index (χ1v) is 0. The van der Waals surface area contributed by atoms with Gasteiger partial charge in [0.1, 0.15) is 0 Å². The quantitative estimate of drug-likeness (QED) is 0.312. The molecule has 0 atom stereocenters. The molecule has 0 saturated carbocycles. The molecule has 0 aliphatic rings. The molecule has 0 fully saturated rings. The van der Waals surface area contributed by atoms with Crippen molar-refractivity contribution in [2.75, 3.05) is 0 Å². The van der Waals surface area contributed by atoms with E-state index in [-0.39, 0.29) is 28.5 Å². The molecule has 0 bridgehead atoms. The van der Waals surface area contributed by atoms with Crippen molar-refractivity contribution in [1.29, 1.82) is 0 Å². The maximum Gasteiger partial charge on any atom is 0.206 e. The zero-order valence-electron chi connectivity index (χ0n) is 4.39. The summed E-state index contributed by atoms with van der Waals surface area (Å²) in [4.78, 5) is 0. The molecule has 5 heavy (non-hydrogen) atoms. The molecule has 0 heterocycles. The van der Waals surface area contributed by atoms with Crippen LogP contribution < -0.4 is 0 Å². The molecule has 0 aromatic rings. The first-order valence-electron chi connectivity index (χ1n) is 0.894. The largest absolute Gasteiger partial charge is 0.412 e. The maximum absolute atomic E-state index is 6.25. The molecule has 0 aromatic carbocycles. The van der Waals surface area contributed by atoms with E-state index < -0.39 is 0 Å². The Labute approximate surface area is 43.4 Å². The van der Waals surface area contributed by atoms with Crippen LogP contribution in [0.3, 0.4) is 0 Å². The van der Waals surface area contributed by atoms with Crippen LogP contribution in [-0.2, 0) is 0 Å². The summed E-state index contributed by atoms with van der Waals surface area (Å²) in [5.41, 5.74) is 12.5. The molecule has 0 spiro atoms. The fourth-order valence-electron chi connectivity index (χ4n) is 0. The molecule has 4 radical (unpaired) electrons. The zero-order valence-corrected chi connectivity index (χ0v) is 4.49. The van der Waals surface area contributed by atoms with Gasteiger partial charge >= 0.3 is 0 Å². The van der Waals surface area contributed by atoms with Gasteiger partial charge in [0.25, 0.3) is 0 Å². The van der Waals surface area contributed by atoms with Crippen LogP contribution in [0.1, 0.15) is 2.86 Å². The zero-order chi connectivity index (χ0) is 4.00. The van der Waals surface area contributed by atoms with Gasteiger partial charge in [0.2, 0.25) is 2.86 Å². The van der Waals surface area contributed by atoms with Crippen molar-refractivity contribution in [2.45, 2.75) is 0 Å². The van der Waals surface area contributed by atoms with Gasteiger partial charge in [-0.3, -0.25) is 0 Å². The van der Waals surface area contributed by atoms with Crippen molar-refractivity contribution < 1.29 is 24.8 Å². The van der Waals surface area contributed by atoms with Crippen LogP contribution in [0.4, 0.5) is 0 Å². The van der Waals surface area contributed by atoms with Crippen molar-refractivity contribution >= 4 is 17.6 Å². The van der Waals surface area contributed by atoms with Gasteiger partial charge in [0, 0.05) is 17.6 Å². The fraction of sp³-hybridized carbons (Fsp3) is 0. The Balaban J connectivity index is -0.00000000267. The Morgan fingerprint density at radius 3 is 0.800 bits per heavy atom. The average molecular weight is 147 g/mol. The van der Waals surface area contributed by atoms with E-state index in [4.69, 9.17) is 13.8 Å². The standard InChI is InChI=1S/Ge.4H2O/h;4*1H2/i/hD2. The van der Waals surface area contributed by atoms with Gasteiger partial charge in [0.05, 0.1) is 0 Å². The van der Waals surface area contributed by atoms with E-state index in [0.29, 0.717) is 0 Å². The predicted molar refractivity (Wildman–Crippen MR) is 20.2 cm³/mol. The molecule has 0 aliphatic heterocycles. The molecule has 4 nitrogen and oxygen atoms in total. The van der Waals surface area contributed by atoms with E-state index in [2.05, 4.69) is 0 Å². The van der Waals surface area contributed by atoms with Crippen molar-refractivity contribution in [3.05, 3.63) is 0 Å². The predicted octanol–water partition coefficient (Wildman–Crippen LogP) is -3.68. The summed E-state index contributed by atoms with van der Waals surface area (Å²) < 4.78 is 9.50. The minimum absolute atomic E-state index is 0. The second-order valence-electron chi connectivity index (χ2n) is 0. The molecule has 5 heteroatoms. The van der Waals surface area contributed by atoms with Gasteiger partial charge in [-0.15, -0.1) is 0 Å². The van der Waals surface area contributed by atoms with Crippen molar-refractivity contribution in [1.82, 2.24) is 0 Å². The summed E-state index contributed by atoms with van der Waals surface area (Å²) >= 11 is 0. The Morgan fingerprint density at radius 1 is 0.800 bits per heavy atom. The van der Waals surface area contributed by atoms with E-state index >= 15 is 0 Å². The van der Waals surface area contributed by atoms with Crippen LogP contribution in [0.2, 0.25) is 0 Å². The van der Waals surface area contributed by atoms with E-state index in [1.165, 1.54) is 0 Å². The summed E-state index contributed by atoms with van der Waals surface area (Å²) in [5, 5.41) is 0. The number of rotatable bonds is 0. The van der Waals surface area contributed by atoms with Gasteiger partial charge in [0.15, 0.2) is 0 Å². The normalized spacial score (nSPS) is 2.80. The Kier molecular flexibility index (Phi) is 1250. The molecular weight excluding hydrogens is 137 g/mol. The van der Waals surface area contributed by atoms with Crippen molar-refractivity contribution in [2.24, 2.45) is 0 Å². The number of hydrogen-bond donors (Lipinski definition) is 0. The third kappa shape index (κ3) is 170. The average Bonchev–Trinajstić information content (AvgIpc) is 1.50. The summed E-state index contributed by atoms with van der Waals surface area (Å²) in [6.07, 6.45) is 0. The van der Waals surface area contributed by atoms with Crippen molar-refractivity contribution in [3.63, 3.8) is 0 Å². The van der Waals surface area contributed by atoms with E-state index in [1.54, 1.807) is 0 Å². The van der Waals surface area contributed by atoms with E-state index in [0.717, 1.165) is 0 Å². The van der Waals surface area contributed by atoms with Crippen LogP contribution in [0.15, 0.2) is 0 Å². The van der Waals surface area contributed by atoms with Gasteiger partial charge in [-0.05, 0) is 0 Å².